The molecular formula is C16H15N9OS. The molecule has 0 aliphatic heterocycles. The molecule has 0 unspecified atom stereocenters. The second-order valence-corrected chi connectivity index (χ2v) is 7.38. The lowest BCUT2D eigenvalue weighted by Crippen LogP contribution is -2.25. The Hall–Kier alpha value is -3.34. The van der Waals surface area contributed by atoms with E-state index in [2.05, 4.69) is 25.6 Å². The fourth-order valence-electron chi connectivity index (χ4n) is 3.17. The summed E-state index contributed by atoms with van der Waals surface area (Å²) in [7, 11) is 3.65. The predicted molar refractivity (Wildman–Crippen MR) is 99.7 cm³/mol. The molecule has 5 aromatic rings. The number of H-pyrrole nitrogens is 1. The molecule has 5 aromatic heterocycles. The summed E-state index contributed by atoms with van der Waals surface area (Å²) in [4.78, 5) is 17.7. The zero-order valence-electron chi connectivity index (χ0n) is 14.6. The van der Waals surface area contributed by atoms with Crippen molar-refractivity contribution in [3.05, 3.63) is 51.4 Å². The second-order valence-electron chi connectivity index (χ2n) is 6.30. The molecule has 0 saturated carbocycles. The molecule has 0 aliphatic rings. The number of hydrogen-bond donors (Lipinski definition) is 1. The summed E-state index contributed by atoms with van der Waals surface area (Å²) in [5, 5.41) is 20.8. The van der Waals surface area contributed by atoms with Crippen LogP contribution >= 0.6 is 11.3 Å². The lowest BCUT2D eigenvalue weighted by atomic mass is 10.3. The van der Waals surface area contributed by atoms with E-state index in [0.29, 0.717) is 18.5 Å². The number of thiazole rings is 1. The fourth-order valence-corrected chi connectivity index (χ4v) is 4.30. The summed E-state index contributed by atoms with van der Waals surface area (Å²) in [6.07, 6.45) is 5.77. The monoisotopic (exact) mass is 381 g/mol. The van der Waals surface area contributed by atoms with Crippen LogP contribution in [0.25, 0.3) is 21.3 Å². The average molecular weight is 381 g/mol. The molecular weight excluding hydrogens is 366 g/mol. The number of rotatable bonds is 4. The number of aromatic nitrogens is 9. The van der Waals surface area contributed by atoms with E-state index in [9.17, 15) is 4.79 Å². The Morgan fingerprint density at radius 1 is 1.26 bits per heavy atom. The van der Waals surface area contributed by atoms with Gasteiger partial charge in [-0.3, -0.25) is 14.6 Å². The molecule has 0 bridgehead atoms. The number of hydrogen-bond acceptors (Lipinski definition) is 7. The van der Waals surface area contributed by atoms with Crippen LogP contribution < -0.4 is 5.56 Å². The van der Waals surface area contributed by atoms with E-state index < -0.39 is 0 Å². The van der Waals surface area contributed by atoms with E-state index in [1.54, 1.807) is 41.7 Å². The first-order chi connectivity index (χ1) is 13.1. The molecule has 0 radical (unpaired) electrons. The molecule has 0 atom stereocenters. The van der Waals surface area contributed by atoms with Gasteiger partial charge in [-0.15, -0.1) is 16.4 Å². The van der Waals surface area contributed by atoms with Gasteiger partial charge in [0, 0.05) is 37.8 Å². The smallest absolute Gasteiger partial charge is 0.291 e. The van der Waals surface area contributed by atoms with Gasteiger partial charge < -0.3 is 4.57 Å². The van der Waals surface area contributed by atoms with Gasteiger partial charge in [0.15, 0.2) is 5.65 Å². The van der Waals surface area contributed by atoms with Gasteiger partial charge in [0.1, 0.15) is 10.5 Å². The van der Waals surface area contributed by atoms with E-state index in [0.717, 1.165) is 32.1 Å². The van der Waals surface area contributed by atoms with Crippen molar-refractivity contribution in [3.8, 4) is 0 Å². The summed E-state index contributed by atoms with van der Waals surface area (Å²) in [5.41, 5.74) is 3.05. The van der Waals surface area contributed by atoms with E-state index in [-0.39, 0.29) is 5.56 Å². The van der Waals surface area contributed by atoms with Crippen LogP contribution in [-0.4, -0.2) is 44.5 Å². The van der Waals surface area contributed by atoms with Crippen LogP contribution in [0.3, 0.4) is 0 Å². The maximum Gasteiger partial charge on any atom is 0.291 e. The molecule has 5 heterocycles. The largest absolute Gasteiger partial charge is 0.323 e. The minimum atomic E-state index is -0.156. The standard InChI is InChI=1S/C16H15N9OS/c1-23-13-11(7-19-25(16(13)26)8-10-6-18-22-24(10)2)14-15(23)20-12(27-14)5-9-3-4-17-21-9/h3-4,6-7H,5,8H2,1-2H3,(H,17,21). The maximum atomic E-state index is 13.0. The lowest BCUT2D eigenvalue weighted by molar-refractivity contribution is 0.589. The minimum Gasteiger partial charge on any atom is -0.323 e. The Labute approximate surface area is 156 Å². The van der Waals surface area contributed by atoms with Crippen molar-refractivity contribution in [1.29, 1.82) is 0 Å². The highest BCUT2D eigenvalue weighted by molar-refractivity contribution is 7.19. The van der Waals surface area contributed by atoms with E-state index in [1.807, 2.05) is 17.7 Å². The third-order valence-corrected chi connectivity index (χ3v) is 5.67. The van der Waals surface area contributed by atoms with Crippen LogP contribution in [0.2, 0.25) is 0 Å². The van der Waals surface area contributed by atoms with Gasteiger partial charge in [-0.2, -0.15) is 10.2 Å². The molecule has 1 N–H and O–H groups in total. The molecule has 0 fully saturated rings. The molecule has 0 saturated heterocycles. The highest BCUT2D eigenvalue weighted by Gasteiger charge is 2.19. The molecule has 11 heteroatoms. The van der Waals surface area contributed by atoms with Crippen molar-refractivity contribution in [2.45, 2.75) is 13.0 Å². The Morgan fingerprint density at radius 3 is 2.89 bits per heavy atom. The lowest BCUT2D eigenvalue weighted by Gasteiger charge is -2.05. The number of nitrogens with one attached hydrogen (secondary N) is 1. The van der Waals surface area contributed by atoms with Gasteiger partial charge in [-0.25, -0.2) is 9.67 Å². The Balaban J connectivity index is 1.61. The highest BCUT2D eigenvalue weighted by atomic mass is 32.1. The fraction of sp³-hybridized carbons (Fsp3) is 0.250. The van der Waals surface area contributed by atoms with E-state index in [1.165, 1.54) is 4.68 Å². The van der Waals surface area contributed by atoms with Crippen LogP contribution in [0.4, 0.5) is 0 Å². The molecule has 0 aliphatic carbocycles. The van der Waals surface area contributed by atoms with Crippen LogP contribution in [-0.2, 0) is 27.1 Å². The first kappa shape index (κ1) is 15.9. The van der Waals surface area contributed by atoms with Gasteiger partial charge >= 0.3 is 0 Å². The summed E-state index contributed by atoms with van der Waals surface area (Å²) >= 11 is 1.58. The topological polar surface area (TPSA) is 112 Å². The maximum absolute atomic E-state index is 13.0. The molecule has 0 aromatic carbocycles. The second kappa shape index (κ2) is 5.84. The zero-order chi connectivity index (χ0) is 18.5. The van der Waals surface area contributed by atoms with Crippen LogP contribution in [0.15, 0.2) is 29.5 Å². The van der Waals surface area contributed by atoms with Crippen molar-refractivity contribution in [3.63, 3.8) is 0 Å². The molecule has 5 rings (SSSR count). The summed E-state index contributed by atoms with van der Waals surface area (Å²) in [6.45, 7) is 0.315. The van der Waals surface area contributed by atoms with Crippen LogP contribution in [0.1, 0.15) is 16.4 Å². The Bertz CT molecular complexity index is 1320. The number of fused-ring (bicyclic) bond motifs is 3. The molecule has 136 valence electrons. The first-order valence-corrected chi connectivity index (χ1v) is 9.09. The van der Waals surface area contributed by atoms with Crippen molar-refractivity contribution in [2.75, 3.05) is 0 Å². The summed E-state index contributed by atoms with van der Waals surface area (Å²) < 4.78 is 5.88. The third kappa shape index (κ3) is 2.46. The van der Waals surface area contributed by atoms with Gasteiger partial charge in [0.2, 0.25) is 0 Å². The predicted octanol–water partition coefficient (Wildman–Crippen LogP) is 0.835. The third-order valence-electron chi connectivity index (χ3n) is 4.59. The zero-order valence-corrected chi connectivity index (χ0v) is 15.4. The van der Waals surface area contributed by atoms with Crippen molar-refractivity contribution >= 4 is 32.6 Å². The quantitative estimate of drug-likeness (QED) is 0.494. The van der Waals surface area contributed by atoms with Crippen molar-refractivity contribution in [1.82, 2.24) is 44.5 Å². The Kier molecular flexibility index (Phi) is 3.44. The van der Waals surface area contributed by atoms with Crippen LogP contribution in [0, 0.1) is 0 Å². The van der Waals surface area contributed by atoms with Gasteiger partial charge in [0.05, 0.1) is 29.3 Å². The van der Waals surface area contributed by atoms with Crippen molar-refractivity contribution in [2.24, 2.45) is 14.1 Å². The molecule has 27 heavy (non-hydrogen) atoms. The first-order valence-electron chi connectivity index (χ1n) is 8.27. The minimum absolute atomic E-state index is 0.156. The van der Waals surface area contributed by atoms with Gasteiger partial charge in [-0.05, 0) is 6.07 Å². The average Bonchev–Trinajstić information content (AvgIpc) is 3.41. The highest BCUT2D eigenvalue weighted by Crippen LogP contribution is 2.31. The SMILES string of the molecule is Cn1nncc1Cn1ncc2c3sc(Cc4ccn[nH]4)nc3n(C)c2c1=O. The Morgan fingerprint density at radius 2 is 2.15 bits per heavy atom. The normalized spacial score (nSPS) is 11.8. The van der Waals surface area contributed by atoms with E-state index in [4.69, 9.17) is 4.98 Å². The van der Waals surface area contributed by atoms with E-state index >= 15 is 0 Å². The van der Waals surface area contributed by atoms with Gasteiger partial charge in [0.25, 0.3) is 5.56 Å². The number of aromatic amines is 1. The summed E-state index contributed by atoms with van der Waals surface area (Å²) in [5.74, 6) is 0. The summed E-state index contributed by atoms with van der Waals surface area (Å²) in [6, 6.07) is 1.93. The molecule has 0 amide bonds. The number of nitrogens with zero attached hydrogens (tertiary/aromatic N) is 8. The van der Waals surface area contributed by atoms with Crippen molar-refractivity contribution < 1.29 is 0 Å². The van der Waals surface area contributed by atoms with Crippen LogP contribution in [0.5, 0.6) is 0 Å². The number of aryl methyl sites for hydroxylation is 2. The van der Waals surface area contributed by atoms with Gasteiger partial charge in [-0.1, -0.05) is 5.21 Å². The molecule has 10 nitrogen and oxygen atoms in total. The molecule has 0 spiro atoms.